The van der Waals surface area contributed by atoms with Crippen LogP contribution in [0.4, 0.5) is 0 Å². The maximum Gasteiger partial charge on any atom is 0.148 e. The highest BCUT2D eigenvalue weighted by Crippen LogP contribution is 2.28. The van der Waals surface area contributed by atoms with Gasteiger partial charge in [0.05, 0.1) is 12.3 Å². The van der Waals surface area contributed by atoms with Crippen LogP contribution >= 0.6 is 0 Å². The highest BCUT2D eigenvalue weighted by atomic mass is 16.5. The monoisotopic (exact) mass is 257 g/mol. The maximum absolute atomic E-state index is 9.40. The molecule has 0 atom stereocenters. The fraction of sp³-hybridized carbons (Fsp3) is 0.312. The minimum atomic E-state index is -0.0300. The number of aromatic nitrogens is 1. The van der Waals surface area contributed by atoms with E-state index in [1.165, 1.54) is 0 Å². The van der Waals surface area contributed by atoms with Gasteiger partial charge in [-0.2, -0.15) is 0 Å². The summed E-state index contributed by atoms with van der Waals surface area (Å²) in [6.07, 6.45) is 0.817. The molecule has 1 aromatic carbocycles. The number of rotatable bonds is 4. The molecule has 1 N–H and O–H groups in total. The molecule has 3 heteroatoms. The Hall–Kier alpha value is -1.87. The van der Waals surface area contributed by atoms with Crippen LogP contribution in [0.15, 0.2) is 30.3 Å². The summed E-state index contributed by atoms with van der Waals surface area (Å²) < 4.78 is 5.91. The summed E-state index contributed by atoms with van der Waals surface area (Å²) in [5.41, 5.74) is 3.82. The Bertz CT molecular complexity index is 527. The van der Waals surface area contributed by atoms with Gasteiger partial charge in [-0.05, 0) is 38.5 Å². The Kier molecular flexibility index (Phi) is 4.17. The van der Waals surface area contributed by atoms with Gasteiger partial charge in [0.2, 0.25) is 0 Å². The van der Waals surface area contributed by atoms with E-state index in [0.29, 0.717) is 5.75 Å². The van der Waals surface area contributed by atoms with Gasteiger partial charge in [0, 0.05) is 11.3 Å². The van der Waals surface area contributed by atoms with Crippen molar-refractivity contribution in [1.29, 1.82) is 0 Å². The molecule has 0 aliphatic heterocycles. The lowest BCUT2D eigenvalue weighted by molar-refractivity contribution is 0.276. The average molecular weight is 257 g/mol. The van der Waals surface area contributed by atoms with Crippen LogP contribution in [0.1, 0.15) is 29.4 Å². The van der Waals surface area contributed by atoms with E-state index in [2.05, 4.69) is 11.9 Å². The Balaban J connectivity index is 2.36. The molecule has 19 heavy (non-hydrogen) atoms. The zero-order valence-corrected chi connectivity index (χ0v) is 11.6. The maximum atomic E-state index is 9.40. The van der Waals surface area contributed by atoms with Crippen molar-refractivity contribution in [3.8, 4) is 11.5 Å². The summed E-state index contributed by atoms with van der Waals surface area (Å²) in [5.74, 6) is 1.44. The number of aliphatic hydroxyl groups is 1. The molecule has 100 valence electrons. The highest BCUT2D eigenvalue weighted by Gasteiger charge is 2.09. The Morgan fingerprint density at radius 1 is 1.11 bits per heavy atom. The van der Waals surface area contributed by atoms with Crippen LogP contribution in [0.25, 0.3) is 0 Å². The molecule has 0 saturated heterocycles. The van der Waals surface area contributed by atoms with E-state index in [0.717, 1.165) is 34.7 Å². The Labute approximate surface area is 113 Å². The van der Waals surface area contributed by atoms with Crippen molar-refractivity contribution < 1.29 is 9.84 Å². The molecule has 0 spiro atoms. The molecule has 3 nitrogen and oxygen atoms in total. The number of nitrogens with zero attached hydrogens (tertiary/aromatic N) is 1. The van der Waals surface area contributed by atoms with Crippen LogP contribution < -0.4 is 4.74 Å². The van der Waals surface area contributed by atoms with Gasteiger partial charge >= 0.3 is 0 Å². The fourth-order valence-electron chi connectivity index (χ4n) is 1.99. The highest BCUT2D eigenvalue weighted by molar-refractivity contribution is 5.41. The van der Waals surface area contributed by atoms with Crippen LogP contribution in [-0.4, -0.2) is 10.1 Å². The lowest BCUT2D eigenvalue weighted by atomic mass is 10.1. The minimum absolute atomic E-state index is 0.0300. The van der Waals surface area contributed by atoms with Crippen molar-refractivity contribution >= 4 is 0 Å². The summed E-state index contributed by atoms with van der Waals surface area (Å²) >= 11 is 0. The zero-order valence-electron chi connectivity index (χ0n) is 11.6. The van der Waals surface area contributed by atoms with Gasteiger partial charge in [0.1, 0.15) is 11.5 Å². The SMILES string of the molecule is CCc1nc(C)ccc1Oc1ccc(C)cc1CO. The number of hydrogen-bond donors (Lipinski definition) is 1. The molecular weight excluding hydrogens is 238 g/mol. The molecule has 0 bridgehead atoms. The van der Waals surface area contributed by atoms with Crippen molar-refractivity contribution in [2.45, 2.75) is 33.8 Å². The number of pyridine rings is 1. The molecule has 0 amide bonds. The molecule has 2 aromatic rings. The molecule has 0 saturated carbocycles. The predicted molar refractivity (Wildman–Crippen MR) is 75.5 cm³/mol. The van der Waals surface area contributed by atoms with E-state index in [4.69, 9.17) is 4.74 Å². The minimum Gasteiger partial charge on any atom is -0.455 e. The van der Waals surface area contributed by atoms with Crippen LogP contribution in [0.5, 0.6) is 11.5 Å². The third kappa shape index (κ3) is 3.12. The molecule has 2 rings (SSSR count). The second-order valence-corrected chi connectivity index (χ2v) is 4.62. The first-order valence-corrected chi connectivity index (χ1v) is 6.48. The average Bonchev–Trinajstić information content (AvgIpc) is 2.42. The van der Waals surface area contributed by atoms with Crippen molar-refractivity contribution in [3.05, 3.63) is 52.8 Å². The number of aliphatic hydroxyl groups excluding tert-OH is 1. The van der Waals surface area contributed by atoms with Crippen molar-refractivity contribution in [1.82, 2.24) is 4.98 Å². The lowest BCUT2D eigenvalue weighted by Crippen LogP contribution is -1.98. The standard InChI is InChI=1S/C16H19NO2/c1-4-14-16(8-6-12(3)17-14)19-15-7-5-11(2)9-13(15)10-18/h5-9,18H,4,10H2,1-3H3. The smallest absolute Gasteiger partial charge is 0.148 e. The van der Waals surface area contributed by atoms with E-state index in [1.807, 2.05) is 44.2 Å². The van der Waals surface area contributed by atoms with Crippen LogP contribution in [0, 0.1) is 13.8 Å². The number of hydrogen-bond acceptors (Lipinski definition) is 3. The van der Waals surface area contributed by atoms with Gasteiger partial charge in [-0.15, -0.1) is 0 Å². The molecule has 1 heterocycles. The first-order valence-electron chi connectivity index (χ1n) is 6.48. The molecular formula is C16H19NO2. The Morgan fingerprint density at radius 2 is 1.84 bits per heavy atom. The third-order valence-corrected chi connectivity index (χ3v) is 3.01. The van der Waals surface area contributed by atoms with E-state index in [-0.39, 0.29) is 6.61 Å². The molecule has 0 aliphatic rings. The third-order valence-electron chi connectivity index (χ3n) is 3.01. The van der Waals surface area contributed by atoms with Crippen LogP contribution in [0.3, 0.4) is 0 Å². The van der Waals surface area contributed by atoms with Crippen molar-refractivity contribution in [2.75, 3.05) is 0 Å². The van der Waals surface area contributed by atoms with E-state index < -0.39 is 0 Å². The van der Waals surface area contributed by atoms with Crippen LogP contribution in [0.2, 0.25) is 0 Å². The molecule has 0 fully saturated rings. The Morgan fingerprint density at radius 3 is 2.53 bits per heavy atom. The summed E-state index contributed by atoms with van der Waals surface area (Å²) in [6.45, 7) is 5.98. The fourth-order valence-corrected chi connectivity index (χ4v) is 1.99. The summed E-state index contributed by atoms with van der Waals surface area (Å²) in [7, 11) is 0. The van der Waals surface area contributed by atoms with Gasteiger partial charge in [-0.25, -0.2) is 0 Å². The topological polar surface area (TPSA) is 42.4 Å². The molecule has 0 unspecified atom stereocenters. The second-order valence-electron chi connectivity index (χ2n) is 4.62. The quantitative estimate of drug-likeness (QED) is 0.910. The summed E-state index contributed by atoms with van der Waals surface area (Å²) in [4.78, 5) is 4.47. The van der Waals surface area contributed by atoms with Gasteiger partial charge in [-0.3, -0.25) is 4.98 Å². The van der Waals surface area contributed by atoms with Crippen molar-refractivity contribution in [2.24, 2.45) is 0 Å². The van der Waals surface area contributed by atoms with Crippen molar-refractivity contribution in [3.63, 3.8) is 0 Å². The van der Waals surface area contributed by atoms with Gasteiger partial charge in [0.15, 0.2) is 0 Å². The molecule has 1 aromatic heterocycles. The second kappa shape index (κ2) is 5.85. The normalized spacial score (nSPS) is 10.5. The summed E-state index contributed by atoms with van der Waals surface area (Å²) in [5, 5.41) is 9.40. The first-order chi connectivity index (χ1) is 9.13. The van der Waals surface area contributed by atoms with E-state index in [9.17, 15) is 5.11 Å². The van der Waals surface area contributed by atoms with E-state index >= 15 is 0 Å². The molecule has 0 aliphatic carbocycles. The van der Waals surface area contributed by atoms with Crippen LogP contribution in [-0.2, 0) is 13.0 Å². The lowest BCUT2D eigenvalue weighted by Gasteiger charge is -2.13. The number of aryl methyl sites for hydroxylation is 3. The first kappa shape index (κ1) is 13.6. The zero-order chi connectivity index (χ0) is 13.8. The predicted octanol–water partition coefficient (Wildman–Crippen LogP) is 3.55. The van der Waals surface area contributed by atoms with Gasteiger partial charge in [-0.1, -0.05) is 24.6 Å². The molecule has 0 radical (unpaired) electrons. The summed E-state index contributed by atoms with van der Waals surface area (Å²) in [6, 6.07) is 9.66. The van der Waals surface area contributed by atoms with E-state index in [1.54, 1.807) is 0 Å². The number of ether oxygens (including phenoxy) is 1. The largest absolute Gasteiger partial charge is 0.455 e. The number of benzene rings is 1. The van der Waals surface area contributed by atoms with Gasteiger partial charge in [0.25, 0.3) is 0 Å². The van der Waals surface area contributed by atoms with Gasteiger partial charge < -0.3 is 9.84 Å².